The summed E-state index contributed by atoms with van der Waals surface area (Å²) in [5, 5.41) is 9.40. The second kappa shape index (κ2) is 4.18. The fourth-order valence-electron chi connectivity index (χ4n) is 3.62. The lowest BCUT2D eigenvalue weighted by Gasteiger charge is -2.21. The Hall–Kier alpha value is -1.66. The number of rotatable bonds is 2. The standard InChI is InChI=1S/C15H12BrNO4/c16-8-1-3-9(4-2-8)17-7-15-6-5-10(21-15)11(14(19)20)12(15)13(17)18/h1-6,10-12H,7H2,(H,19,20)/t10-,11?,12+,15-/m1/s1. The van der Waals surface area contributed by atoms with Crippen molar-refractivity contribution in [2.75, 3.05) is 11.4 Å². The van der Waals surface area contributed by atoms with E-state index in [1.165, 1.54) is 0 Å². The molecule has 3 aliphatic heterocycles. The quantitative estimate of drug-likeness (QED) is 0.827. The summed E-state index contributed by atoms with van der Waals surface area (Å²) < 4.78 is 6.77. The van der Waals surface area contributed by atoms with Crippen LogP contribution >= 0.6 is 15.9 Å². The van der Waals surface area contributed by atoms with Gasteiger partial charge in [-0.15, -0.1) is 0 Å². The number of carboxylic acids is 1. The Balaban J connectivity index is 1.73. The fourth-order valence-corrected chi connectivity index (χ4v) is 3.88. The number of ether oxygens (including phenoxy) is 1. The molecule has 1 unspecified atom stereocenters. The molecule has 21 heavy (non-hydrogen) atoms. The van der Waals surface area contributed by atoms with Crippen molar-refractivity contribution in [2.24, 2.45) is 11.8 Å². The maximum Gasteiger partial charge on any atom is 0.310 e. The summed E-state index contributed by atoms with van der Waals surface area (Å²) in [5.74, 6) is -2.56. The fraction of sp³-hybridized carbons (Fsp3) is 0.333. The maximum atomic E-state index is 12.7. The number of nitrogens with zero attached hydrogens (tertiary/aromatic N) is 1. The zero-order chi connectivity index (χ0) is 14.8. The molecule has 0 saturated carbocycles. The van der Waals surface area contributed by atoms with E-state index < -0.39 is 29.5 Å². The van der Waals surface area contributed by atoms with E-state index in [1.54, 1.807) is 11.0 Å². The van der Waals surface area contributed by atoms with Gasteiger partial charge in [0.25, 0.3) is 0 Å². The molecule has 1 aromatic carbocycles. The lowest BCUT2D eigenvalue weighted by Crippen LogP contribution is -2.39. The van der Waals surface area contributed by atoms with Crippen molar-refractivity contribution in [3.05, 3.63) is 40.9 Å². The molecule has 108 valence electrons. The second-order valence-corrected chi connectivity index (χ2v) is 6.55. The van der Waals surface area contributed by atoms with Gasteiger partial charge >= 0.3 is 5.97 Å². The number of aliphatic carboxylic acids is 1. The molecule has 5 nitrogen and oxygen atoms in total. The first-order valence-electron chi connectivity index (χ1n) is 6.69. The van der Waals surface area contributed by atoms with Gasteiger partial charge < -0.3 is 14.7 Å². The Morgan fingerprint density at radius 3 is 2.76 bits per heavy atom. The van der Waals surface area contributed by atoms with Gasteiger partial charge in [0.05, 0.1) is 18.6 Å². The van der Waals surface area contributed by atoms with Crippen LogP contribution in [-0.2, 0) is 14.3 Å². The first kappa shape index (κ1) is 13.0. The predicted octanol–water partition coefficient (Wildman–Crippen LogP) is 1.82. The van der Waals surface area contributed by atoms with Gasteiger partial charge in [0.2, 0.25) is 5.91 Å². The first-order chi connectivity index (χ1) is 10.0. The number of amides is 1. The average molecular weight is 350 g/mol. The Morgan fingerprint density at radius 1 is 1.38 bits per heavy atom. The third-order valence-electron chi connectivity index (χ3n) is 4.52. The highest BCUT2D eigenvalue weighted by Crippen LogP contribution is 2.52. The van der Waals surface area contributed by atoms with E-state index in [0.29, 0.717) is 6.54 Å². The molecule has 1 spiro atoms. The van der Waals surface area contributed by atoms with Crippen LogP contribution in [0.1, 0.15) is 0 Å². The van der Waals surface area contributed by atoms with Crippen molar-refractivity contribution >= 4 is 33.5 Å². The summed E-state index contributed by atoms with van der Waals surface area (Å²) in [6, 6.07) is 7.39. The van der Waals surface area contributed by atoms with Crippen LogP contribution in [0.25, 0.3) is 0 Å². The van der Waals surface area contributed by atoms with Crippen molar-refractivity contribution in [1.29, 1.82) is 0 Å². The molecule has 3 aliphatic rings. The molecule has 2 fully saturated rings. The van der Waals surface area contributed by atoms with Gasteiger partial charge in [-0.2, -0.15) is 0 Å². The van der Waals surface area contributed by atoms with Crippen LogP contribution in [0, 0.1) is 11.8 Å². The van der Waals surface area contributed by atoms with E-state index >= 15 is 0 Å². The van der Waals surface area contributed by atoms with Crippen LogP contribution < -0.4 is 4.90 Å². The minimum Gasteiger partial charge on any atom is -0.481 e. The summed E-state index contributed by atoms with van der Waals surface area (Å²) >= 11 is 3.36. The van der Waals surface area contributed by atoms with Gasteiger partial charge in [-0.25, -0.2) is 0 Å². The monoisotopic (exact) mass is 349 g/mol. The normalized spacial score (nSPS) is 36.3. The van der Waals surface area contributed by atoms with Crippen LogP contribution in [0.15, 0.2) is 40.9 Å². The van der Waals surface area contributed by atoms with Crippen molar-refractivity contribution in [2.45, 2.75) is 11.7 Å². The first-order valence-corrected chi connectivity index (χ1v) is 7.48. The van der Waals surface area contributed by atoms with Gasteiger partial charge in [0.15, 0.2) is 0 Å². The number of carbonyl (C=O) groups excluding carboxylic acids is 1. The summed E-state index contributed by atoms with van der Waals surface area (Å²) in [5.41, 5.74) is -0.0192. The SMILES string of the molecule is O=C(O)C1[C@H]2C(=O)N(c3ccc(Br)cc3)C[C@]23C=C[C@H]1O3. The van der Waals surface area contributed by atoms with Crippen LogP contribution in [0.4, 0.5) is 5.69 Å². The van der Waals surface area contributed by atoms with Crippen molar-refractivity contribution < 1.29 is 19.4 Å². The number of fused-ring (bicyclic) bond motifs is 1. The zero-order valence-electron chi connectivity index (χ0n) is 10.9. The van der Waals surface area contributed by atoms with Crippen molar-refractivity contribution in [1.82, 2.24) is 0 Å². The summed E-state index contributed by atoms with van der Waals surface area (Å²) in [6.07, 6.45) is 3.15. The molecule has 2 saturated heterocycles. The minimum absolute atomic E-state index is 0.170. The van der Waals surface area contributed by atoms with Gasteiger partial charge in [-0.1, -0.05) is 28.1 Å². The van der Waals surface area contributed by atoms with Crippen LogP contribution in [-0.4, -0.2) is 35.2 Å². The van der Waals surface area contributed by atoms with E-state index in [0.717, 1.165) is 10.2 Å². The predicted molar refractivity (Wildman–Crippen MR) is 77.9 cm³/mol. The molecule has 0 aliphatic carbocycles. The van der Waals surface area contributed by atoms with Gasteiger partial charge in [-0.3, -0.25) is 9.59 Å². The van der Waals surface area contributed by atoms with E-state index in [-0.39, 0.29) is 5.91 Å². The zero-order valence-corrected chi connectivity index (χ0v) is 12.5. The molecule has 6 heteroatoms. The second-order valence-electron chi connectivity index (χ2n) is 5.64. The molecule has 1 N–H and O–H groups in total. The van der Waals surface area contributed by atoms with Gasteiger partial charge in [0, 0.05) is 10.2 Å². The summed E-state index contributed by atoms with van der Waals surface area (Å²) in [7, 11) is 0. The molecule has 4 rings (SSSR count). The van der Waals surface area contributed by atoms with Crippen molar-refractivity contribution in [3.63, 3.8) is 0 Å². The number of hydrogen-bond donors (Lipinski definition) is 1. The maximum absolute atomic E-state index is 12.7. The Kier molecular flexibility index (Phi) is 2.59. The number of carbonyl (C=O) groups is 2. The van der Waals surface area contributed by atoms with E-state index in [2.05, 4.69) is 15.9 Å². The molecule has 1 aromatic rings. The Morgan fingerprint density at radius 2 is 2.10 bits per heavy atom. The lowest BCUT2D eigenvalue weighted by atomic mass is 9.77. The average Bonchev–Trinajstić information content (AvgIpc) is 3.08. The third-order valence-corrected chi connectivity index (χ3v) is 5.05. The number of carboxylic acid groups (broad SMARTS) is 1. The molecular weight excluding hydrogens is 338 g/mol. The number of halogens is 1. The van der Waals surface area contributed by atoms with Crippen LogP contribution in [0.5, 0.6) is 0 Å². The summed E-state index contributed by atoms with van der Waals surface area (Å²) in [4.78, 5) is 25.8. The lowest BCUT2D eigenvalue weighted by molar-refractivity contribution is -0.146. The van der Waals surface area contributed by atoms with Gasteiger partial charge in [-0.05, 0) is 24.3 Å². The number of hydrogen-bond acceptors (Lipinski definition) is 3. The topological polar surface area (TPSA) is 66.8 Å². The van der Waals surface area contributed by atoms with Crippen LogP contribution in [0.3, 0.4) is 0 Å². The smallest absolute Gasteiger partial charge is 0.310 e. The minimum atomic E-state index is -0.970. The third kappa shape index (κ3) is 1.66. The Labute approximate surface area is 129 Å². The van der Waals surface area contributed by atoms with E-state index in [9.17, 15) is 14.7 Å². The van der Waals surface area contributed by atoms with E-state index in [1.807, 2.05) is 30.3 Å². The summed E-state index contributed by atoms with van der Waals surface area (Å²) in [6.45, 7) is 0.370. The largest absolute Gasteiger partial charge is 0.481 e. The molecule has 3 heterocycles. The molecule has 0 radical (unpaired) electrons. The molecule has 0 aromatic heterocycles. The molecular formula is C15H12BrNO4. The highest BCUT2D eigenvalue weighted by atomic mass is 79.9. The highest BCUT2D eigenvalue weighted by molar-refractivity contribution is 9.10. The number of benzene rings is 1. The Bertz CT molecular complexity index is 671. The van der Waals surface area contributed by atoms with Crippen LogP contribution in [0.2, 0.25) is 0 Å². The highest BCUT2D eigenvalue weighted by Gasteiger charge is 2.67. The number of anilines is 1. The molecule has 1 amide bonds. The van der Waals surface area contributed by atoms with Gasteiger partial charge in [0.1, 0.15) is 11.5 Å². The van der Waals surface area contributed by atoms with Crippen molar-refractivity contribution in [3.8, 4) is 0 Å². The molecule has 2 bridgehead atoms. The van der Waals surface area contributed by atoms with E-state index in [4.69, 9.17) is 4.74 Å². The molecule has 4 atom stereocenters.